The summed E-state index contributed by atoms with van der Waals surface area (Å²) < 4.78 is 0. The first kappa shape index (κ1) is 23.8. The van der Waals surface area contributed by atoms with E-state index in [4.69, 9.17) is 22.3 Å². The third kappa shape index (κ3) is 4.42. The number of anilines is 2. The smallest absolute Gasteiger partial charge is 0.268 e. The van der Waals surface area contributed by atoms with Crippen LogP contribution in [0.25, 0.3) is 21.5 Å². The van der Waals surface area contributed by atoms with Crippen LogP contribution in [0.3, 0.4) is 0 Å². The van der Waals surface area contributed by atoms with Gasteiger partial charge in [-0.25, -0.2) is 4.98 Å². The number of nitrogens with zero attached hydrogens (tertiary/aromatic N) is 2. The van der Waals surface area contributed by atoms with Crippen molar-refractivity contribution in [3.05, 3.63) is 62.3 Å². The number of halogens is 1. The van der Waals surface area contributed by atoms with Crippen LogP contribution >= 0.6 is 34.3 Å². The van der Waals surface area contributed by atoms with E-state index < -0.39 is 0 Å². The topological polar surface area (TPSA) is 91.8 Å². The van der Waals surface area contributed by atoms with Gasteiger partial charge in [0.25, 0.3) is 5.91 Å². The molecule has 1 aromatic carbocycles. The molecule has 1 atom stereocenters. The summed E-state index contributed by atoms with van der Waals surface area (Å²) in [5.74, 6) is 0.254. The lowest BCUT2D eigenvalue weighted by Crippen LogP contribution is -2.26. The maximum absolute atomic E-state index is 13.3. The van der Waals surface area contributed by atoms with Crippen LogP contribution in [0.4, 0.5) is 10.7 Å². The molecule has 0 saturated heterocycles. The first-order chi connectivity index (χ1) is 16.7. The number of nitrogens with two attached hydrogens (primary N) is 1. The lowest BCUT2D eigenvalue weighted by Gasteiger charge is -2.33. The van der Waals surface area contributed by atoms with Crippen LogP contribution in [-0.4, -0.2) is 10.9 Å². The average molecular weight is 521 g/mol. The Hall–Kier alpha value is -2.92. The predicted octanol–water partition coefficient (Wildman–Crippen LogP) is 7.54. The highest BCUT2D eigenvalue weighted by Gasteiger charge is 2.32. The minimum atomic E-state index is -0.305. The van der Waals surface area contributed by atoms with Crippen molar-refractivity contribution in [1.29, 1.82) is 5.26 Å². The molecule has 1 aliphatic rings. The summed E-state index contributed by atoms with van der Waals surface area (Å²) >= 11 is 8.79. The zero-order chi connectivity index (χ0) is 24.9. The molecule has 3 heterocycles. The van der Waals surface area contributed by atoms with Crippen molar-refractivity contribution in [3.8, 4) is 17.3 Å². The van der Waals surface area contributed by atoms with E-state index in [1.165, 1.54) is 27.6 Å². The standard InChI is InChI=1S/C27H25ClN4OS2/c1-27(2,3)15-6-9-17-19(13-29)26(34-21(17)12-15)32-24(33)23-22(30)18-10-11-20(31-25(18)35-23)14-4-7-16(28)8-5-14/h4-5,7-8,10-11,15H,6,9,12,30H2,1-3H3,(H,32,33). The maximum atomic E-state index is 13.3. The van der Waals surface area contributed by atoms with Gasteiger partial charge in [0.1, 0.15) is 20.8 Å². The zero-order valence-corrected chi connectivity index (χ0v) is 22.1. The van der Waals surface area contributed by atoms with E-state index in [-0.39, 0.29) is 11.3 Å². The molecule has 0 radical (unpaired) electrons. The molecule has 0 saturated carbocycles. The van der Waals surface area contributed by atoms with E-state index in [0.29, 0.717) is 36.9 Å². The largest absolute Gasteiger partial charge is 0.397 e. The summed E-state index contributed by atoms with van der Waals surface area (Å²) in [4.78, 5) is 20.3. The molecule has 3 aromatic heterocycles. The molecule has 4 aromatic rings. The summed E-state index contributed by atoms with van der Waals surface area (Å²) in [6.07, 6.45) is 2.87. The van der Waals surface area contributed by atoms with Crippen LogP contribution in [0, 0.1) is 22.7 Å². The molecule has 35 heavy (non-hydrogen) atoms. The summed E-state index contributed by atoms with van der Waals surface area (Å²) in [6, 6.07) is 13.6. The van der Waals surface area contributed by atoms with E-state index in [0.717, 1.165) is 41.5 Å². The molecule has 0 fully saturated rings. The van der Waals surface area contributed by atoms with Crippen LogP contribution in [0.5, 0.6) is 0 Å². The second-order valence-electron chi connectivity index (χ2n) is 9.98. The molecule has 1 amide bonds. The molecule has 0 aliphatic heterocycles. The van der Waals surface area contributed by atoms with Crippen LogP contribution in [0.2, 0.25) is 5.02 Å². The minimum Gasteiger partial charge on any atom is -0.397 e. The highest BCUT2D eigenvalue weighted by Crippen LogP contribution is 2.44. The molecule has 1 aliphatic carbocycles. The van der Waals surface area contributed by atoms with Gasteiger partial charge in [0, 0.05) is 20.8 Å². The van der Waals surface area contributed by atoms with Crippen LogP contribution in [-0.2, 0) is 12.8 Å². The molecule has 5 nitrogen and oxygen atoms in total. The monoisotopic (exact) mass is 520 g/mol. The quantitative estimate of drug-likeness (QED) is 0.292. The molecule has 5 rings (SSSR count). The molecule has 8 heteroatoms. The van der Waals surface area contributed by atoms with Gasteiger partial charge in [-0.3, -0.25) is 4.79 Å². The van der Waals surface area contributed by atoms with Crippen LogP contribution in [0.15, 0.2) is 36.4 Å². The number of hydrogen-bond acceptors (Lipinski definition) is 6. The number of thiophene rings is 2. The van der Waals surface area contributed by atoms with Crippen molar-refractivity contribution in [2.75, 3.05) is 11.1 Å². The zero-order valence-electron chi connectivity index (χ0n) is 19.7. The summed E-state index contributed by atoms with van der Waals surface area (Å²) in [5.41, 5.74) is 10.4. The number of amides is 1. The Morgan fingerprint density at radius 3 is 2.63 bits per heavy atom. The average Bonchev–Trinajstić information content (AvgIpc) is 3.34. The summed E-state index contributed by atoms with van der Waals surface area (Å²) in [7, 11) is 0. The highest BCUT2D eigenvalue weighted by molar-refractivity contribution is 7.21. The number of fused-ring (bicyclic) bond motifs is 2. The van der Waals surface area contributed by atoms with Gasteiger partial charge >= 0.3 is 0 Å². The number of rotatable bonds is 3. The molecular formula is C27H25ClN4OS2. The SMILES string of the molecule is CC(C)(C)C1CCc2c(sc(NC(=O)c3sc4nc(-c5ccc(Cl)cc5)ccc4c3N)c2C#N)C1. The van der Waals surface area contributed by atoms with Crippen molar-refractivity contribution in [1.82, 2.24) is 4.98 Å². The fraction of sp³-hybridized carbons (Fsp3) is 0.296. The number of benzene rings is 1. The highest BCUT2D eigenvalue weighted by atomic mass is 35.5. The Balaban J connectivity index is 1.44. The Morgan fingerprint density at radius 1 is 1.20 bits per heavy atom. The van der Waals surface area contributed by atoms with Gasteiger partial charge in [-0.2, -0.15) is 5.26 Å². The van der Waals surface area contributed by atoms with E-state index >= 15 is 0 Å². The van der Waals surface area contributed by atoms with Gasteiger partial charge in [0.05, 0.1) is 16.9 Å². The molecule has 3 N–H and O–H groups in total. The summed E-state index contributed by atoms with van der Waals surface area (Å²) in [6.45, 7) is 6.79. The molecule has 178 valence electrons. The fourth-order valence-corrected chi connectivity index (χ4v) is 7.03. The van der Waals surface area contributed by atoms with Crippen molar-refractivity contribution >= 4 is 61.1 Å². The van der Waals surface area contributed by atoms with E-state index in [1.54, 1.807) is 0 Å². The Kier molecular flexibility index (Phi) is 6.08. The Labute approximate surface area is 217 Å². The predicted molar refractivity (Wildman–Crippen MR) is 146 cm³/mol. The number of nitrogen functional groups attached to an aromatic ring is 1. The first-order valence-electron chi connectivity index (χ1n) is 11.5. The van der Waals surface area contributed by atoms with Crippen molar-refractivity contribution in [2.24, 2.45) is 11.3 Å². The Bertz CT molecular complexity index is 1490. The van der Waals surface area contributed by atoms with Crippen molar-refractivity contribution in [2.45, 2.75) is 40.0 Å². The van der Waals surface area contributed by atoms with Gasteiger partial charge < -0.3 is 11.1 Å². The second kappa shape index (κ2) is 8.94. The number of aromatic nitrogens is 1. The van der Waals surface area contributed by atoms with Crippen LogP contribution in [0.1, 0.15) is 52.9 Å². The summed E-state index contributed by atoms with van der Waals surface area (Å²) in [5, 5.41) is 14.9. The number of nitrogens with one attached hydrogen (secondary N) is 1. The number of hydrogen-bond donors (Lipinski definition) is 2. The maximum Gasteiger partial charge on any atom is 0.268 e. The number of pyridine rings is 1. The van der Waals surface area contributed by atoms with E-state index in [2.05, 4.69) is 32.2 Å². The molecule has 0 bridgehead atoms. The number of carbonyl (C=O) groups excluding carboxylic acids is 1. The number of nitriles is 1. The lowest BCUT2D eigenvalue weighted by molar-refractivity contribution is 0.103. The molecule has 0 spiro atoms. The molecule has 1 unspecified atom stereocenters. The second-order valence-corrected chi connectivity index (χ2v) is 12.5. The molecular weight excluding hydrogens is 496 g/mol. The van der Waals surface area contributed by atoms with Gasteiger partial charge in [0.2, 0.25) is 0 Å². The van der Waals surface area contributed by atoms with Gasteiger partial charge in [-0.15, -0.1) is 22.7 Å². The van der Waals surface area contributed by atoms with Gasteiger partial charge in [0.15, 0.2) is 0 Å². The third-order valence-corrected chi connectivity index (χ3v) is 9.30. The van der Waals surface area contributed by atoms with Crippen molar-refractivity contribution in [3.63, 3.8) is 0 Å². The first-order valence-corrected chi connectivity index (χ1v) is 13.5. The van der Waals surface area contributed by atoms with Crippen LogP contribution < -0.4 is 11.1 Å². The van der Waals surface area contributed by atoms with Gasteiger partial charge in [-0.1, -0.05) is 44.5 Å². The minimum absolute atomic E-state index is 0.210. The van der Waals surface area contributed by atoms with E-state index in [1.807, 2.05) is 36.4 Å². The number of carbonyl (C=O) groups is 1. The normalized spacial score (nSPS) is 15.6. The Morgan fingerprint density at radius 2 is 1.94 bits per heavy atom. The fourth-order valence-electron chi connectivity index (χ4n) is 4.64. The van der Waals surface area contributed by atoms with Gasteiger partial charge in [-0.05, 0) is 60.4 Å². The van der Waals surface area contributed by atoms with Crippen molar-refractivity contribution < 1.29 is 4.79 Å². The lowest BCUT2D eigenvalue weighted by atomic mass is 9.72. The third-order valence-electron chi connectivity index (χ3n) is 6.77. The van der Waals surface area contributed by atoms with E-state index in [9.17, 15) is 10.1 Å².